The number of ether oxygens (including phenoxy) is 1. The van der Waals surface area contributed by atoms with Crippen LogP contribution in [0, 0.1) is 6.92 Å². The van der Waals surface area contributed by atoms with Gasteiger partial charge in [-0.15, -0.1) is 0 Å². The zero-order valence-electron chi connectivity index (χ0n) is 11.9. The second-order valence-corrected chi connectivity index (χ2v) is 4.93. The summed E-state index contributed by atoms with van der Waals surface area (Å²) in [7, 11) is 0. The Bertz CT molecular complexity index is 792. The summed E-state index contributed by atoms with van der Waals surface area (Å²) in [6, 6.07) is 15.9. The Morgan fingerprint density at radius 1 is 1.10 bits per heavy atom. The molecule has 0 amide bonds. The molecule has 0 saturated heterocycles. The maximum absolute atomic E-state index is 5.66. The highest BCUT2D eigenvalue weighted by Gasteiger charge is 1.98. The molecule has 0 aliphatic heterocycles. The van der Waals surface area contributed by atoms with E-state index in [0.717, 1.165) is 22.3 Å². The van der Waals surface area contributed by atoms with Crippen LogP contribution in [0.1, 0.15) is 11.1 Å². The Hall–Kier alpha value is -2.74. The van der Waals surface area contributed by atoms with Gasteiger partial charge >= 0.3 is 0 Å². The van der Waals surface area contributed by atoms with Crippen LogP contribution in [0.2, 0.25) is 0 Å². The molecule has 0 N–H and O–H groups in total. The average Bonchev–Trinajstić information content (AvgIpc) is 2.95. The van der Waals surface area contributed by atoms with Crippen LogP contribution in [-0.4, -0.2) is 0 Å². The molecule has 3 rings (SSSR count). The lowest BCUT2D eigenvalue weighted by atomic mass is 10.1. The number of furan rings is 1. The maximum Gasteiger partial charge on any atom is 0.133 e. The third-order valence-corrected chi connectivity index (χ3v) is 3.21. The summed E-state index contributed by atoms with van der Waals surface area (Å²) in [5.74, 6) is 1.40. The summed E-state index contributed by atoms with van der Waals surface area (Å²) in [5, 5.41) is 1.09. The van der Waals surface area contributed by atoms with Crippen molar-refractivity contribution in [2.75, 3.05) is 0 Å². The number of aryl methyl sites for hydroxylation is 1. The largest absolute Gasteiger partial charge is 0.464 e. The predicted molar refractivity (Wildman–Crippen MR) is 86.2 cm³/mol. The number of hydrogen-bond acceptors (Lipinski definition) is 2. The van der Waals surface area contributed by atoms with Crippen LogP contribution in [0.25, 0.3) is 17.0 Å². The Labute approximate surface area is 124 Å². The number of hydrogen-bond donors (Lipinski definition) is 0. The molecule has 1 aromatic heterocycles. The van der Waals surface area contributed by atoms with E-state index in [-0.39, 0.29) is 0 Å². The van der Waals surface area contributed by atoms with Gasteiger partial charge in [0.2, 0.25) is 0 Å². The molecule has 0 radical (unpaired) electrons. The molecule has 0 aliphatic rings. The molecule has 21 heavy (non-hydrogen) atoms. The van der Waals surface area contributed by atoms with Gasteiger partial charge in [-0.25, -0.2) is 0 Å². The van der Waals surface area contributed by atoms with E-state index in [1.54, 1.807) is 6.26 Å². The molecule has 0 unspecified atom stereocenters. The van der Waals surface area contributed by atoms with Crippen molar-refractivity contribution < 1.29 is 9.15 Å². The van der Waals surface area contributed by atoms with Gasteiger partial charge in [0.15, 0.2) is 0 Å². The molecule has 0 aliphatic carbocycles. The van der Waals surface area contributed by atoms with Crippen LogP contribution >= 0.6 is 0 Å². The van der Waals surface area contributed by atoms with E-state index >= 15 is 0 Å². The van der Waals surface area contributed by atoms with Crippen LogP contribution in [0.3, 0.4) is 0 Å². The molecule has 0 spiro atoms. The quantitative estimate of drug-likeness (QED) is 0.473. The van der Waals surface area contributed by atoms with Gasteiger partial charge in [-0.05, 0) is 48.9 Å². The summed E-state index contributed by atoms with van der Waals surface area (Å²) in [4.78, 5) is 0. The van der Waals surface area contributed by atoms with Gasteiger partial charge in [0.1, 0.15) is 17.1 Å². The molecule has 1 heterocycles. The van der Waals surface area contributed by atoms with Crippen molar-refractivity contribution in [3.05, 3.63) is 84.3 Å². The minimum atomic E-state index is 0.603. The van der Waals surface area contributed by atoms with Crippen molar-refractivity contribution in [1.29, 1.82) is 0 Å². The first-order valence-electron chi connectivity index (χ1n) is 6.79. The molecule has 0 saturated carbocycles. The zero-order valence-corrected chi connectivity index (χ0v) is 11.9. The highest BCUT2D eigenvalue weighted by Crippen LogP contribution is 2.19. The van der Waals surface area contributed by atoms with Gasteiger partial charge in [-0.2, -0.15) is 0 Å². The molecule has 2 nitrogen and oxygen atoms in total. The van der Waals surface area contributed by atoms with E-state index < -0.39 is 0 Å². The molecule has 104 valence electrons. The third kappa shape index (κ3) is 3.23. The van der Waals surface area contributed by atoms with E-state index in [4.69, 9.17) is 9.15 Å². The van der Waals surface area contributed by atoms with Crippen LogP contribution < -0.4 is 4.74 Å². The Balaban J connectivity index is 1.69. The highest BCUT2D eigenvalue weighted by molar-refractivity contribution is 5.80. The summed E-state index contributed by atoms with van der Waals surface area (Å²) < 4.78 is 11.0. The van der Waals surface area contributed by atoms with Gasteiger partial charge in [0.25, 0.3) is 0 Å². The van der Waals surface area contributed by atoms with Crippen molar-refractivity contribution in [2.45, 2.75) is 6.92 Å². The Morgan fingerprint density at radius 3 is 2.71 bits per heavy atom. The van der Waals surface area contributed by atoms with E-state index in [9.17, 15) is 0 Å². The van der Waals surface area contributed by atoms with Crippen molar-refractivity contribution in [1.82, 2.24) is 0 Å². The average molecular weight is 276 g/mol. The molecular formula is C19H16O2. The van der Waals surface area contributed by atoms with Crippen LogP contribution in [0.15, 0.2) is 77.6 Å². The topological polar surface area (TPSA) is 22.4 Å². The van der Waals surface area contributed by atoms with Crippen molar-refractivity contribution in [2.24, 2.45) is 0 Å². The number of benzene rings is 2. The summed E-state index contributed by atoms with van der Waals surface area (Å²) in [6.07, 6.45) is 5.53. The monoisotopic (exact) mass is 276 g/mol. The van der Waals surface area contributed by atoms with Crippen molar-refractivity contribution >= 4 is 17.0 Å². The van der Waals surface area contributed by atoms with Gasteiger partial charge < -0.3 is 9.15 Å². The fraction of sp³-hybridized carbons (Fsp3) is 0.0526. The number of rotatable bonds is 4. The molecule has 2 heteroatoms. The summed E-state index contributed by atoms with van der Waals surface area (Å²) in [5.41, 5.74) is 3.18. The summed E-state index contributed by atoms with van der Waals surface area (Å²) in [6.45, 7) is 5.96. The lowest BCUT2D eigenvalue weighted by molar-refractivity contribution is 0.447. The molecule has 0 atom stereocenters. The van der Waals surface area contributed by atoms with E-state index in [1.807, 2.05) is 61.5 Å². The van der Waals surface area contributed by atoms with Crippen molar-refractivity contribution in [3.8, 4) is 5.75 Å². The zero-order chi connectivity index (χ0) is 14.7. The fourth-order valence-corrected chi connectivity index (χ4v) is 2.07. The lowest BCUT2D eigenvalue weighted by Crippen LogP contribution is -1.89. The molecule has 3 aromatic rings. The first-order valence-corrected chi connectivity index (χ1v) is 6.79. The van der Waals surface area contributed by atoms with Gasteiger partial charge in [-0.1, -0.05) is 36.4 Å². The minimum Gasteiger partial charge on any atom is -0.464 e. The second kappa shape index (κ2) is 5.71. The molecule has 0 fully saturated rings. The predicted octanol–water partition coefficient (Wildman–Crippen LogP) is 5.35. The van der Waals surface area contributed by atoms with Crippen LogP contribution in [0.5, 0.6) is 5.75 Å². The second-order valence-electron chi connectivity index (χ2n) is 4.93. The van der Waals surface area contributed by atoms with Gasteiger partial charge in [-0.3, -0.25) is 0 Å². The lowest BCUT2D eigenvalue weighted by Gasteiger charge is -2.05. The third-order valence-electron chi connectivity index (χ3n) is 3.21. The molecule has 0 bridgehead atoms. The first kappa shape index (κ1) is 13.3. The first-order chi connectivity index (χ1) is 10.2. The normalized spacial score (nSPS) is 11.1. The standard InChI is InChI=1S/C19H16O2/c1-14-3-8-18(9-4-14)21-15(2)5-6-16-7-10-19-17(13-16)11-12-20-19/h3-13H,2H2,1H3/b6-5-. The Morgan fingerprint density at radius 2 is 1.90 bits per heavy atom. The number of allylic oxidation sites excluding steroid dienone is 1. The summed E-state index contributed by atoms with van der Waals surface area (Å²) >= 11 is 0. The van der Waals surface area contributed by atoms with E-state index in [2.05, 4.69) is 12.6 Å². The minimum absolute atomic E-state index is 0.603. The van der Waals surface area contributed by atoms with Crippen LogP contribution in [0.4, 0.5) is 0 Å². The maximum atomic E-state index is 5.66. The fourth-order valence-electron chi connectivity index (χ4n) is 2.07. The number of fused-ring (bicyclic) bond motifs is 1. The van der Waals surface area contributed by atoms with E-state index in [0.29, 0.717) is 5.76 Å². The van der Waals surface area contributed by atoms with Crippen LogP contribution in [-0.2, 0) is 0 Å². The molecule has 2 aromatic carbocycles. The van der Waals surface area contributed by atoms with Gasteiger partial charge in [0.05, 0.1) is 6.26 Å². The SMILES string of the molecule is C=C(/C=C\c1ccc2occc2c1)Oc1ccc(C)cc1. The van der Waals surface area contributed by atoms with Crippen molar-refractivity contribution in [3.63, 3.8) is 0 Å². The molecular weight excluding hydrogens is 260 g/mol. The highest BCUT2D eigenvalue weighted by atomic mass is 16.5. The Kier molecular flexibility index (Phi) is 3.61. The smallest absolute Gasteiger partial charge is 0.133 e. The van der Waals surface area contributed by atoms with E-state index in [1.165, 1.54) is 5.56 Å². The van der Waals surface area contributed by atoms with Gasteiger partial charge in [0, 0.05) is 5.39 Å².